The first kappa shape index (κ1) is 19.4. The molecule has 1 heterocycles. The van der Waals surface area contributed by atoms with Gasteiger partial charge in [-0.15, -0.1) is 11.3 Å². The van der Waals surface area contributed by atoms with Gasteiger partial charge in [-0.3, -0.25) is 9.10 Å². The second-order valence-corrected chi connectivity index (χ2v) is 9.68. The fourth-order valence-electron chi connectivity index (χ4n) is 2.79. The molecule has 0 aliphatic carbocycles. The van der Waals surface area contributed by atoms with Crippen molar-refractivity contribution in [2.45, 2.75) is 19.9 Å². The SMILES string of the molecule is CCS(=O)(=O)N(C)c1ccc2sc(C(=O)N[C@@H](C)c3ccccc3)cc2c1. The molecule has 2 aromatic carbocycles. The van der Waals surface area contributed by atoms with Crippen molar-refractivity contribution in [2.24, 2.45) is 0 Å². The van der Waals surface area contributed by atoms with Gasteiger partial charge in [0.1, 0.15) is 0 Å². The Morgan fingerprint density at radius 3 is 2.52 bits per heavy atom. The molecule has 0 spiro atoms. The van der Waals surface area contributed by atoms with E-state index < -0.39 is 10.0 Å². The average Bonchev–Trinajstić information content (AvgIpc) is 3.11. The maximum atomic E-state index is 12.6. The fourth-order valence-corrected chi connectivity index (χ4v) is 4.55. The molecule has 1 aromatic heterocycles. The molecular weight excluding hydrogens is 380 g/mol. The highest BCUT2D eigenvalue weighted by molar-refractivity contribution is 7.92. The first-order valence-corrected chi connectivity index (χ1v) is 11.1. The summed E-state index contributed by atoms with van der Waals surface area (Å²) in [7, 11) is -1.78. The lowest BCUT2D eigenvalue weighted by molar-refractivity contribution is 0.0944. The quantitative estimate of drug-likeness (QED) is 0.673. The first-order chi connectivity index (χ1) is 12.8. The Morgan fingerprint density at radius 1 is 1.15 bits per heavy atom. The molecule has 7 heteroatoms. The van der Waals surface area contributed by atoms with Crippen molar-refractivity contribution in [3.05, 3.63) is 65.0 Å². The van der Waals surface area contributed by atoms with Gasteiger partial charge in [0.2, 0.25) is 10.0 Å². The molecule has 0 unspecified atom stereocenters. The molecule has 1 N–H and O–H groups in total. The predicted molar refractivity (Wildman–Crippen MR) is 112 cm³/mol. The third-order valence-electron chi connectivity index (χ3n) is 4.52. The summed E-state index contributed by atoms with van der Waals surface area (Å²) >= 11 is 1.40. The minimum Gasteiger partial charge on any atom is -0.345 e. The number of sulfonamides is 1. The van der Waals surface area contributed by atoms with Gasteiger partial charge in [0.25, 0.3) is 5.91 Å². The number of carbonyl (C=O) groups excluding carboxylic acids is 1. The lowest BCUT2D eigenvalue weighted by Gasteiger charge is -2.18. The van der Waals surface area contributed by atoms with Crippen LogP contribution in [0.5, 0.6) is 0 Å². The number of nitrogens with zero attached hydrogens (tertiary/aromatic N) is 1. The second kappa shape index (κ2) is 7.70. The van der Waals surface area contributed by atoms with Gasteiger partial charge in [-0.25, -0.2) is 8.42 Å². The van der Waals surface area contributed by atoms with Crippen molar-refractivity contribution < 1.29 is 13.2 Å². The average molecular weight is 403 g/mol. The molecule has 3 rings (SSSR count). The summed E-state index contributed by atoms with van der Waals surface area (Å²) in [5.74, 6) is -0.0976. The van der Waals surface area contributed by atoms with E-state index in [1.807, 2.05) is 49.4 Å². The molecule has 0 fully saturated rings. The Balaban J connectivity index is 1.83. The summed E-state index contributed by atoms with van der Waals surface area (Å²) in [6.45, 7) is 3.56. The highest BCUT2D eigenvalue weighted by Gasteiger charge is 2.18. The summed E-state index contributed by atoms with van der Waals surface area (Å²) in [6, 6.07) is 16.9. The van der Waals surface area contributed by atoms with Crippen molar-refractivity contribution in [2.75, 3.05) is 17.1 Å². The van der Waals surface area contributed by atoms with Gasteiger partial charge >= 0.3 is 0 Å². The molecule has 0 bridgehead atoms. The van der Waals surface area contributed by atoms with Crippen LogP contribution in [-0.2, 0) is 10.0 Å². The maximum Gasteiger partial charge on any atom is 0.261 e. The van der Waals surface area contributed by atoms with Crippen LogP contribution in [0.4, 0.5) is 5.69 Å². The van der Waals surface area contributed by atoms with Crippen molar-refractivity contribution in [3.63, 3.8) is 0 Å². The number of hydrogen-bond acceptors (Lipinski definition) is 4. The van der Waals surface area contributed by atoms with Gasteiger partial charge in [0.15, 0.2) is 0 Å². The van der Waals surface area contributed by atoms with Crippen molar-refractivity contribution >= 4 is 43.0 Å². The van der Waals surface area contributed by atoms with Crippen molar-refractivity contribution in [1.29, 1.82) is 0 Å². The Bertz CT molecular complexity index is 1060. The minimum atomic E-state index is -3.32. The van der Waals surface area contributed by atoms with Gasteiger partial charge in [-0.05, 0) is 49.1 Å². The van der Waals surface area contributed by atoms with Crippen LogP contribution in [0.1, 0.15) is 35.1 Å². The summed E-state index contributed by atoms with van der Waals surface area (Å²) in [5, 5.41) is 3.86. The summed E-state index contributed by atoms with van der Waals surface area (Å²) in [5.41, 5.74) is 1.63. The smallest absolute Gasteiger partial charge is 0.261 e. The molecule has 1 atom stereocenters. The number of fused-ring (bicyclic) bond motifs is 1. The van der Waals surface area contributed by atoms with Crippen molar-refractivity contribution in [3.8, 4) is 0 Å². The van der Waals surface area contributed by atoms with Gasteiger partial charge < -0.3 is 5.32 Å². The van der Waals surface area contributed by atoms with E-state index in [-0.39, 0.29) is 17.7 Å². The number of thiophene rings is 1. The number of amides is 1. The molecular formula is C20H22N2O3S2. The predicted octanol–water partition coefficient (Wildman–Crippen LogP) is 4.18. The van der Waals surface area contributed by atoms with E-state index >= 15 is 0 Å². The summed E-state index contributed by atoms with van der Waals surface area (Å²) in [6.07, 6.45) is 0. The number of benzene rings is 2. The maximum absolute atomic E-state index is 12.6. The second-order valence-electron chi connectivity index (χ2n) is 6.31. The minimum absolute atomic E-state index is 0.0379. The van der Waals surface area contributed by atoms with Gasteiger partial charge in [-0.1, -0.05) is 30.3 Å². The number of nitrogens with one attached hydrogen (secondary N) is 1. The molecule has 142 valence electrons. The lowest BCUT2D eigenvalue weighted by atomic mass is 10.1. The van der Waals surface area contributed by atoms with Crippen LogP contribution in [0.2, 0.25) is 0 Å². The van der Waals surface area contributed by atoms with E-state index in [1.54, 1.807) is 26.1 Å². The van der Waals surface area contributed by atoms with E-state index in [1.165, 1.54) is 15.6 Å². The monoisotopic (exact) mass is 402 g/mol. The van der Waals surface area contributed by atoms with Gasteiger partial charge in [0, 0.05) is 11.7 Å². The summed E-state index contributed by atoms with van der Waals surface area (Å²) in [4.78, 5) is 13.2. The molecule has 5 nitrogen and oxygen atoms in total. The molecule has 27 heavy (non-hydrogen) atoms. The van der Waals surface area contributed by atoms with Crippen LogP contribution in [0.15, 0.2) is 54.6 Å². The zero-order chi connectivity index (χ0) is 19.6. The standard InChI is InChI=1S/C20H22N2O3S2/c1-4-27(24,25)22(3)17-10-11-18-16(12-17)13-19(26-18)20(23)21-14(2)15-8-6-5-7-9-15/h5-14H,4H2,1-3H3,(H,21,23)/t14-/m0/s1. The van der Waals surface area contributed by atoms with Crippen LogP contribution >= 0.6 is 11.3 Å². The molecule has 0 aliphatic heterocycles. The zero-order valence-corrected chi connectivity index (χ0v) is 17.1. The van der Waals surface area contributed by atoms with Crippen molar-refractivity contribution in [1.82, 2.24) is 5.32 Å². The molecule has 0 aliphatic rings. The number of carbonyl (C=O) groups is 1. The number of rotatable bonds is 6. The highest BCUT2D eigenvalue weighted by Crippen LogP contribution is 2.30. The Kier molecular flexibility index (Phi) is 5.53. The number of hydrogen-bond donors (Lipinski definition) is 1. The molecule has 3 aromatic rings. The van der Waals surface area contributed by atoms with E-state index in [9.17, 15) is 13.2 Å². The number of anilines is 1. The van der Waals surface area contributed by atoms with E-state index in [4.69, 9.17) is 0 Å². The van der Waals surface area contributed by atoms with Crippen LogP contribution in [0, 0.1) is 0 Å². The third kappa shape index (κ3) is 4.14. The van der Waals surface area contributed by atoms with Crippen LogP contribution in [-0.4, -0.2) is 27.1 Å². The van der Waals surface area contributed by atoms with E-state index in [2.05, 4.69) is 5.32 Å². The highest BCUT2D eigenvalue weighted by atomic mass is 32.2. The lowest BCUT2D eigenvalue weighted by Crippen LogP contribution is -2.27. The Hall–Kier alpha value is -2.38. The molecule has 1 amide bonds. The van der Waals surface area contributed by atoms with Crippen LogP contribution < -0.4 is 9.62 Å². The molecule has 0 saturated heterocycles. The van der Waals surface area contributed by atoms with Crippen LogP contribution in [0.25, 0.3) is 10.1 Å². The normalized spacial score (nSPS) is 12.7. The van der Waals surface area contributed by atoms with Gasteiger partial charge in [0.05, 0.1) is 22.4 Å². The van der Waals surface area contributed by atoms with Crippen LogP contribution in [0.3, 0.4) is 0 Å². The Labute approximate surface area is 163 Å². The molecule has 0 saturated carbocycles. The molecule has 0 radical (unpaired) electrons. The topological polar surface area (TPSA) is 66.5 Å². The van der Waals surface area contributed by atoms with Gasteiger partial charge in [-0.2, -0.15) is 0 Å². The Morgan fingerprint density at radius 2 is 1.85 bits per heavy atom. The largest absolute Gasteiger partial charge is 0.345 e. The zero-order valence-electron chi connectivity index (χ0n) is 15.5. The fraction of sp³-hybridized carbons (Fsp3) is 0.250. The van der Waals surface area contributed by atoms with E-state index in [0.717, 1.165) is 15.6 Å². The third-order valence-corrected chi connectivity index (χ3v) is 7.41. The summed E-state index contributed by atoms with van der Waals surface area (Å²) < 4.78 is 26.4. The first-order valence-electron chi connectivity index (χ1n) is 8.68. The van der Waals surface area contributed by atoms with E-state index in [0.29, 0.717) is 10.6 Å².